The van der Waals surface area contributed by atoms with Gasteiger partial charge < -0.3 is 19.7 Å². The van der Waals surface area contributed by atoms with Crippen LogP contribution < -0.4 is 0 Å². The molecule has 2 N–H and O–H groups in total. The highest BCUT2D eigenvalue weighted by Crippen LogP contribution is 2.88. The van der Waals surface area contributed by atoms with E-state index in [9.17, 15) is 19.8 Å². The van der Waals surface area contributed by atoms with Crippen molar-refractivity contribution in [1.29, 1.82) is 0 Å². The molecule has 0 aromatic carbocycles. The maximum atomic E-state index is 12.7. The molecule has 13 atom stereocenters. The number of carbonyl (C=O) groups is 2. The fraction of sp³-hybridized carbons (Fsp3) is 0.846. The Kier molecular flexibility index (Phi) is 3.60. The van der Waals surface area contributed by atoms with E-state index in [1.165, 1.54) is 6.92 Å². The van der Waals surface area contributed by atoms with Crippen LogP contribution in [-0.4, -0.2) is 69.6 Å². The summed E-state index contributed by atoms with van der Waals surface area (Å²) in [6.45, 7) is 12.5. The zero-order chi connectivity index (χ0) is 23.5. The van der Waals surface area contributed by atoms with E-state index in [0.29, 0.717) is 24.8 Å². The molecule has 180 valence electrons. The van der Waals surface area contributed by atoms with Crippen molar-refractivity contribution in [2.24, 2.45) is 39.9 Å². The maximum absolute atomic E-state index is 12.7. The summed E-state index contributed by atoms with van der Waals surface area (Å²) < 4.78 is 11.9. The number of carbonyl (C=O) groups excluding carboxylic acids is 2. The van der Waals surface area contributed by atoms with Gasteiger partial charge in [0.25, 0.3) is 0 Å². The number of aliphatic hydroxyl groups excluding tert-OH is 1. The van der Waals surface area contributed by atoms with Gasteiger partial charge in [-0.2, -0.15) is 0 Å². The molecular formula is C26H35NO6. The van der Waals surface area contributed by atoms with Crippen LogP contribution in [0, 0.1) is 39.9 Å². The molecule has 0 aromatic heterocycles. The molecule has 1 unspecified atom stereocenters. The molecule has 3 heterocycles. The number of nitrogens with zero attached hydrogens (tertiary/aromatic N) is 1. The summed E-state index contributed by atoms with van der Waals surface area (Å²) in [5.74, 6) is -1.01. The predicted octanol–water partition coefficient (Wildman–Crippen LogP) is 1.66. The summed E-state index contributed by atoms with van der Waals surface area (Å²) in [5, 5.41) is 24.6. The van der Waals surface area contributed by atoms with Gasteiger partial charge in [0.15, 0.2) is 0 Å². The van der Waals surface area contributed by atoms with E-state index in [-0.39, 0.29) is 40.8 Å². The molecule has 0 radical (unpaired) electrons. The lowest BCUT2D eigenvalue weighted by Crippen LogP contribution is -2.77. The van der Waals surface area contributed by atoms with Crippen LogP contribution in [0.25, 0.3) is 0 Å². The van der Waals surface area contributed by atoms with Crippen molar-refractivity contribution in [2.45, 2.75) is 89.4 Å². The zero-order valence-electron chi connectivity index (χ0n) is 19.9. The molecule has 9 aliphatic rings. The van der Waals surface area contributed by atoms with Gasteiger partial charge in [0.05, 0.1) is 12.0 Å². The predicted molar refractivity (Wildman–Crippen MR) is 117 cm³/mol. The summed E-state index contributed by atoms with van der Waals surface area (Å²) in [7, 11) is 0. The van der Waals surface area contributed by atoms with Crippen LogP contribution in [0.5, 0.6) is 0 Å². The van der Waals surface area contributed by atoms with E-state index < -0.39 is 35.1 Å². The fourth-order valence-corrected chi connectivity index (χ4v) is 11.3. The summed E-state index contributed by atoms with van der Waals surface area (Å²) in [6, 6.07) is 0.162. The van der Waals surface area contributed by atoms with Crippen molar-refractivity contribution >= 4 is 11.9 Å². The molecule has 6 saturated carbocycles. The Bertz CT molecular complexity index is 1010. The number of aliphatic hydroxyl groups is 2. The Morgan fingerprint density at radius 3 is 2.58 bits per heavy atom. The van der Waals surface area contributed by atoms with E-state index in [4.69, 9.17) is 9.47 Å². The minimum absolute atomic E-state index is 0.0241. The lowest BCUT2D eigenvalue weighted by molar-refractivity contribution is -0.284. The normalized spacial score (nSPS) is 60.6. The zero-order valence-corrected chi connectivity index (χ0v) is 19.9. The smallest absolute Gasteiger partial charge is 0.308 e. The molecule has 2 spiro atoms. The van der Waals surface area contributed by atoms with Crippen LogP contribution >= 0.6 is 0 Å². The molecule has 9 fully saturated rings. The number of fused-ring (bicyclic) bond motifs is 1. The first-order chi connectivity index (χ1) is 15.4. The van der Waals surface area contributed by atoms with Crippen LogP contribution in [0.15, 0.2) is 12.2 Å². The molecule has 9 bridgehead atoms. The van der Waals surface area contributed by atoms with Gasteiger partial charge in [0.1, 0.15) is 17.8 Å². The van der Waals surface area contributed by atoms with Crippen molar-refractivity contribution in [1.82, 2.24) is 4.90 Å². The van der Waals surface area contributed by atoms with Crippen LogP contribution in [-0.2, 0) is 19.1 Å². The second-order valence-electron chi connectivity index (χ2n) is 13.1. The molecule has 7 nitrogen and oxygen atoms in total. The Balaban J connectivity index is 1.41. The SMILES string of the molecule is C=C1C[C@@]23C[C@H]4[C@@H]5[C@]6(C)C[C@H](OC(=O)C(C)C)C[C@@]57[C@@H]2[C@H](O)[C@@H]1[C@@H](OC(C)=O)[C@]3(O)[C@H]7N4C6. The standard InChI is InChI=1S/C26H35NO6/c1-11(2)21(30)33-14-7-23(5)10-27-15-9-24-6-12(3)16-17(29)19(24)25(8-14,18(15)23)22(27)26(24,31)20(16)32-13(4)28/h11,14-20,22,29,31H,3,6-10H2,1-2,4-5H3/t14-,15-,16+,17+,18+,19+,20+,22-,23+,24+,25-,26-/m0/s1. The average Bonchev–Trinajstić information content (AvgIpc) is 3.10. The van der Waals surface area contributed by atoms with Gasteiger partial charge in [0, 0.05) is 48.2 Å². The van der Waals surface area contributed by atoms with Gasteiger partial charge in [-0.25, -0.2) is 0 Å². The van der Waals surface area contributed by atoms with Gasteiger partial charge in [0.2, 0.25) is 0 Å². The third-order valence-corrected chi connectivity index (χ3v) is 11.3. The summed E-state index contributed by atoms with van der Waals surface area (Å²) in [6.07, 6.45) is 1.27. The third-order valence-electron chi connectivity index (χ3n) is 11.3. The van der Waals surface area contributed by atoms with Gasteiger partial charge >= 0.3 is 11.9 Å². The first-order valence-electron chi connectivity index (χ1n) is 12.6. The molecule has 3 aliphatic heterocycles. The van der Waals surface area contributed by atoms with Crippen molar-refractivity contribution in [3.8, 4) is 0 Å². The Labute approximate surface area is 194 Å². The number of rotatable bonds is 3. The molecule has 9 rings (SSSR count). The van der Waals surface area contributed by atoms with Gasteiger partial charge in [-0.3, -0.25) is 14.5 Å². The van der Waals surface area contributed by atoms with Crippen LogP contribution in [0.3, 0.4) is 0 Å². The molecule has 33 heavy (non-hydrogen) atoms. The first kappa shape index (κ1) is 20.9. The highest BCUT2D eigenvalue weighted by molar-refractivity contribution is 5.71. The highest BCUT2D eigenvalue weighted by Gasteiger charge is 2.95. The van der Waals surface area contributed by atoms with Crippen LogP contribution in [0.4, 0.5) is 0 Å². The van der Waals surface area contributed by atoms with E-state index in [2.05, 4.69) is 18.4 Å². The van der Waals surface area contributed by atoms with Gasteiger partial charge in [-0.15, -0.1) is 0 Å². The maximum Gasteiger partial charge on any atom is 0.308 e. The fourth-order valence-electron chi connectivity index (χ4n) is 11.3. The number of hydrogen-bond donors (Lipinski definition) is 2. The quantitative estimate of drug-likeness (QED) is 0.491. The van der Waals surface area contributed by atoms with Crippen molar-refractivity contribution in [3.63, 3.8) is 0 Å². The van der Waals surface area contributed by atoms with E-state index in [0.717, 1.165) is 25.0 Å². The number of esters is 2. The monoisotopic (exact) mass is 457 g/mol. The average molecular weight is 458 g/mol. The van der Waals surface area contributed by atoms with Crippen LogP contribution in [0.2, 0.25) is 0 Å². The van der Waals surface area contributed by atoms with Gasteiger partial charge in [-0.1, -0.05) is 32.9 Å². The lowest BCUT2D eigenvalue weighted by Gasteiger charge is -2.68. The van der Waals surface area contributed by atoms with E-state index in [1.807, 2.05) is 13.8 Å². The largest absolute Gasteiger partial charge is 0.462 e. The second-order valence-corrected chi connectivity index (χ2v) is 13.1. The topological polar surface area (TPSA) is 96.3 Å². The van der Waals surface area contributed by atoms with Crippen molar-refractivity contribution in [3.05, 3.63) is 12.2 Å². The minimum Gasteiger partial charge on any atom is -0.462 e. The molecule has 7 heteroatoms. The number of hydrogen-bond acceptors (Lipinski definition) is 7. The molecule has 0 aromatic rings. The Morgan fingerprint density at radius 2 is 1.91 bits per heavy atom. The number of piperidine rings is 2. The lowest BCUT2D eigenvalue weighted by atomic mass is 9.39. The van der Waals surface area contributed by atoms with Gasteiger partial charge in [-0.05, 0) is 37.0 Å². The van der Waals surface area contributed by atoms with Crippen LogP contribution in [0.1, 0.15) is 53.4 Å². The van der Waals surface area contributed by atoms with Crippen molar-refractivity contribution in [2.75, 3.05) is 6.54 Å². The highest BCUT2D eigenvalue weighted by atomic mass is 16.6. The molecule has 3 saturated heterocycles. The van der Waals surface area contributed by atoms with E-state index in [1.54, 1.807) is 0 Å². The minimum atomic E-state index is -1.22. The molecule has 6 aliphatic carbocycles. The Hall–Kier alpha value is -1.44. The summed E-state index contributed by atoms with van der Waals surface area (Å²) >= 11 is 0. The van der Waals surface area contributed by atoms with E-state index >= 15 is 0 Å². The Morgan fingerprint density at radius 1 is 1.18 bits per heavy atom. The summed E-state index contributed by atoms with van der Waals surface area (Å²) in [5.41, 5.74) is -1.24. The first-order valence-corrected chi connectivity index (χ1v) is 12.6. The summed E-state index contributed by atoms with van der Waals surface area (Å²) in [4.78, 5) is 27.3. The van der Waals surface area contributed by atoms with Crippen molar-refractivity contribution < 1.29 is 29.3 Å². The second kappa shape index (κ2) is 5.68. The molecule has 0 amide bonds. The molecular weight excluding hydrogens is 422 g/mol. The number of ether oxygens (including phenoxy) is 2. The third kappa shape index (κ3) is 1.90.